The Morgan fingerprint density at radius 2 is 2.24 bits per heavy atom. The van der Waals surface area contributed by atoms with Crippen molar-refractivity contribution in [1.82, 2.24) is 9.88 Å². The van der Waals surface area contributed by atoms with Gasteiger partial charge in [0.15, 0.2) is 0 Å². The molecule has 1 atom stereocenters. The molecule has 0 radical (unpaired) electrons. The zero-order valence-corrected chi connectivity index (χ0v) is 17.8. The maximum atomic E-state index is 13.0. The minimum atomic E-state index is 0.00650. The summed E-state index contributed by atoms with van der Waals surface area (Å²) in [5.74, 6) is 0.841. The van der Waals surface area contributed by atoms with Crippen molar-refractivity contribution in [3.63, 3.8) is 0 Å². The van der Waals surface area contributed by atoms with Gasteiger partial charge in [0.05, 0.1) is 24.4 Å². The lowest BCUT2D eigenvalue weighted by molar-refractivity contribution is 0.0510. The van der Waals surface area contributed by atoms with Crippen molar-refractivity contribution in [2.75, 3.05) is 19.8 Å². The molecule has 29 heavy (non-hydrogen) atoms. The number of carbonyl (C=O) groups is 1. The van der Waals surface area contributed by atoms with E-state index in [1.807, 2.05) is 29.2 Å². The Bertz CT molecular complexity index is 891. The summed E-state index contributed by atoms with van der Waals surface area (Å²) in [6, 6.07) is 12.2. The topological polar surface area (TPSA) is 51.7 Å². The second kappa shape index (κ2) is 10.0. The molecule has 0 unspecified atom stereocenters. The van der Waals surface area contributed by atoms with Crippen LogP contribution >= 0.6 is 22.7 Å². The second-order valence-electron chi connectivity index (χ2n) is 7.01. The molecule has 5 nitrogen and oxygen atoms in total. The average Bonchev–Trinajstić information content (AvgIpc) is 3.50. The number of ether oxygens (including phenoxy) is 2. The molecule has 0 aliphatic carbocycles. The molecule has 4 rings (SSSR count). The highest BCUT2D eigenvalue weighted by molar-refractivity contribution is 7.11. The van der Waals surface area contributed by atoms with E-state index in [4.69, 9.17) is 9.47 Å². The van der Waals surface area contributed by atoms with Crippen LogP contribution < -0.4 is 4.74 Å². The van der Waals surface area contributed by atoms with Crippen LogP contribution in [0.25, 0.3) is 0 Å². The normalized spacial score (nSPS) is 16.1. The van der Waals surface area contributed by atoms with Crippen LogP contribution in [-0.2, 0) is 17.7 Å². The summed E-state index contributed by atoms with van der Waals surface area (Å²) in [4.78, 5) is 20.9. The third kappa shape index (κ3) is 5.65. The summed E-state index contributed by atoms with van der Waals surface area (Å²) >= 11 is 3.12. The van der Waals surface area contributed by atoms with Crippen molar-refractivity contribution >= 4 is 28.6 Å². The predicted molar refractivity (Wildman–Crippen MR) is 116 cm³/mol. The predicted octanol–water partition coefficient (Wildman–Crippen LogP) is 4.65. The number of amides is 1. The molecular weight excluding hydrogens is 404 g/mol. The van der Waals surface area contributed by atoms with Crippen molar-refractivity contribution in [2.45, 2.75) is 31.9 Å². The van der Waals surface area contributed by atoms with Gasteiger partial charge < -0.3 is 14.4 Å². The van der Waals surface area contributed by atoms with Crippen LogP contribution in [0.3, 0.4) is 0 Å². The fourth-order valence-corrected chi connectivity index (χ4v) is 4.69. The van der Waals surface area contributed by atoms with Gasteiger partial charge in [-0.3, -0.25) is 9.78 Å². The van der Waals surface area contributed by atoms with E-state index >= 15 is 0 Å². The molecule has 7 heteroatoms. The van der Waals surface area contributed by atoms with Crippen LogP contribution in [0, 0.1) is 0 Å². The van der Waals surface area contributed by atoms with Crippen LogP contribution in [0.4, 0.5) is 0 Å². The third-order valence-corrected chi connectivity index (χ3v) is 6.54. The van der Waals surface area contributed by atoms with Gasteiger partial charge in [-0.1, -0.05) is 18.2 Å². The first-order chi connectivity index (χ1) is 14.3. The fraction of sp³-hybridized carbons (Fsp3) is 0.364. The first-order valence-electron chi connectivity index (χ1n) is 9.81. The maximum absolute atomic E-state index is 13.0. The molecule has 1 aromatic carbocycles. The van der Waals surface area contributed by atoms with Gasteiger partial charge in [-0.25, -0.2) is 0 Å². The molecule has 0 bridgehead atoms. The van der Waals surface area contributed by atoms with Crippen molar-refractivity contribution < 1.29 is 14.3 Å². The van der Waals surface area contributed by atoms with E-state index in [2.05, 4.69) is 22.5 Å². The Morgan fingerprint density at radius 1 is 1.28 bits per heavy atom. The highest BCUT2D eigenvalue weighted by Crippen LogP contribution is 2.21. The minimum absolute atomic E-state index is 0.00650. The molecule has 3 aromatic rings. The largest absolute Gasteiger partial charge is 0.493 e. The Morgan fingerprint density at radius 3 is 3.00 bits per heavy atom. The van der Waals surface area contributed by atoms with E-state index in [0.29, 0.717) is 24.6 Å². The number of hydrogen-bond donors (Lipinski definition) is 0. The number of carbonyl (C=O) groups excluding carboxylic acids is 1. The number of rotatable bonds is 9. The van der Waals surface area contributed by atoms with Gasteiger partial charge in [0, 0.05) is 31.0 Å². The molecule has 0 saturated carbocycles. The standard InChI is InChI=1S/C22H24N2O3S2/c25-22(21-13-23-16-29-21)24(15-19-6-2-9-26-19)14-17-4-1-5-18(12-17)27-10-8-20-7-3-11-28-20/h1,3-5,7,11-13,16,19H,2,6,8-10,14-15H2/t19-/m0/s1. The number of thiazole rings is 1. The van der Waals surface area contributed by atoms with E-state index in [9.17, 15) is 4.79 Å². The molecular formula is C22H24N2O3S2. The molecule has 0 spiro atoms. The maximum Gasteiger partial charge on any atom is 0.265 e. The zero-order valence-electron chi connectivity index (χ0n) is 16.2. The number of aromatic nitrogens is 1. The van der Waals surface area contributed by atoms with Gasteiger partial charge >= 0.3 is 0 Å². The SMILES string of the molecule is O=C(c1cncs1)N(Cc1cccc(OCCc2cccs2)c1)C[C@@H]1CCCO1. The molecule has 1 fully saturated rings. The van der Waals surface area contributed by atoms with Crippen LogP contribution in [0.1, 0.15) is 33.0 Å². The Balaban J connectivity index is 1.41. The number of benzene rings is 1. The highest BCUT2D eigenvalue weighted by Gasteiger charge is 2.24. The lowest BCUT2D eigenvalue weighted by Gasteiger charge is -2.25. The van der Waals surface area contributed by atoms with E-state index in [1.165, 1.54) is 16.2 Å². The summed E-state index contributed by atoms with van der Waals surface area (Å²) in [5, 5.41) is 2.08. The molecule has 1 aliphatic rings. The minimum Gasteiger partial charge on any atom is -0.493 e. The summed E-state index contributed by atoms with van der Waals surface area (Å²) in [6.45, 7) is 2.54. The van der Waals surface area contributed by atoms with Crippen molar-refractivity contribution in [3.8, 4) is 5.75 Å². The Kier molecular flexibility index (Phi) is 6.92. The highest BCUT2D eigenvalue weighted by atomic mass is 32.1. The Labute approximate surface area is 178 Å². The van der Waals surface area contributed by atoms with E-state index in [1.54, 1.807) is 23.0 Å². The summed E-state index contributed by atoms with van der Waals surface area (Å²) in [5.41, 5.74) is 2.74. The molecule has 0 N–H and O–H groups in total. The Hall–Kier alpha value is -2.22. The van der Waals surface area contributed by atoms with Gasteiger partial charge in [-0.15, -0.1) is 22.7 Å². The first kappa shape index (κ1) is 20.1. The zero-order chi connectivity index (χ0) is 19.9. The van der Waals surface area contributed by atoms with Crippen molar-refractivity contribution in [2.24, 2.45) is 0 Å². The fourth-order valence-electron chi connectivity index (χ4n) is 3.41. The van der Waals surface area contributed by atoms with E-state index in [0.717, 1.165) is 37.2 Å². The third-order valence-electron chi connectivity index (χ3n) is 4.85. The van der Waals surface area contributed by atoms with Crippen LogP contribution in [0.2, 0.25) is 0 Å². The monoisotopic (exact) mass is 428 g/mol. The molecule has 2 aromatic heterocycles. The smallest absolute Gasteiger partial charge is 0.265 e. The van der Waals surface area contributed by atoms with E-state index < -0.39 is 0 Å². The van der Waals surface area contributed by atoms with Crippen molar-refractivity contribution in [3.05, 3.63) is 68.8 Å². The van der Waals surface area contributed by atoms with Crippen molar-refractivity contribution in [1.29, 1.82) is 0 Å². The summed E-state index contributed by atoms with van der Waals surface area (Å²) < 4.78 is 11.7. The molecule has 1 aliphatic heterocycles. The second-order valence-corrected chi connectivity index (χ2v) is 8.93. The van der Waals surface area contributed by atoms with Gasteiger partial charge in [0.2, 0.25) is 0 Å². The lowest BCUT2D eigenvalue weighted by atomic mass is 10.1. The van der Waals surface area contributed by atoms with Crippen LogP contribution in [0.15, 0.2) is 53.5 Å². The van der Waals surface area contributed by atoms with Crippen LogP contribution in [-0.4, -0.2) is 41.7 Å². The molecule has 1 amide bonds. The number of hydrogen-bond acceptors (Lipinski definition) is 6. The summed E-state index contributed by atoms with van der Waals surface area (Å²) in [7, 11) is 0. The van der Waals surface area contributed by atoms with Gasteiger partial charge in [-0.2, -0.15) is 0 Å². The molecule has 1 saturated heterocycles. The van der Waals surface area contributed by atoms with Gasteiger partial charge in [-0.05, 0) is 42.0 Å². The first-order valence-corrected chi connectivity index (χ1v) is 11.6. The quantitative estimate of drug-likeness (QED) is 0.498. The van der Waals surface area contributed by atoms with E-state index in [-0.39, 0.29) is 12.0 Å². The van der Waals surface area contributed by atoms with Crippen LogP contribution in [0.5, 0.6) is 5.75 Å². The molecule has 152 valence electrons. The number of nitrogens with zero attached hydrogens (tertiary/aromatic N) is 2. The van der Waals surface area contributed by atoms with Gasteiger partial charge in [0.1, 0.15) is 10.6 Å². The average molecular weight is 429 g/mol. The van der Waals surface area contributed by atoms with Gasteiger partial charge in [0.25, 0.3) is 5.91 Å². The molecule has 3 heterocycles. The number of thiophene rings is 1. The lowest BCUT2D eigenvalue weighted by Crippen LogP contribution is -2.36. The summed E-state index contributed by atoms with van der Waals surface area (Å²) in [6.07, 6.45) is 4.70.